The van der Waals surface area contributed by atoms with Gasteiger partial charge in [0, 0.05) is 49.5 Å². The number of pyridine rings is 2. The van der Waals surface area contributed by atoms with Crippen LogP contribution in [0.1, 0.15) is 31.4 Å². The molecule has 0 amide bonds. The third-order valence-corrected chi connectivity index (χ3v) is 5.36. The Kier molecular flexibility index (Phi) is 4.90. The predicted octanol–water partition coefficient (Wildman–Crippen LogP) is 3.69. The molecular formula is C19H22N6S. The summed E-state index contributed by atoms with van der Waals surface area (Å²) < 4.78 is 4.79. The minimum atomic E-state index is 0.377. The maximum absolute atomic E-state index is 5.71. The molecule has 1 unspecified atom stereocenters. The Bertz CT molecular complexity index is 918. The third kappa shape index (κ3) is 3.20. The van der Waals surface area contributed by atoms with Crippen LogP contribution in [0.15, 0.2) is 49.1 Å². The van der Waals surface area contributed by atoms with Crippen molar-refractivity contribution in [2.75, 3.05) is 6.54 Å². The van der Waals surface area contributed by atoms with Crippen molar-refractivity contribution in [3.63, 3.8) is 0 Å². The molecule has 3 aromatic heterocycles. The number of nitrogens with zero attached hydrogens (tertiary/aromatic N) is 6. The van der Waals surface area contributed by atoms with Gasteiger partial charge in [0.2, 0.25) is 0 Å². The summed E-state index contributed by atoms with van der Waals surface area (Å²) in [5.41, 5.74) is 2.30. The molecule has 6 nitrogen and oxygen atoms in total. The maximum Gasteiger partial charge on any atom is 0.199 e. The highest BCUT2D eigenvalue weighted by atomic mass is 32.1. The fourth-order valence-electron chi connectivity index (χ4n) is 3.65. The van der Waals surface area contributed by atoms with Gasteiger partial charge in [0.25, 0.3) is 0 Å². The van der Waals surface area contributed by atoms with Gasteiger partial charge >= 0.3 is 0 Å². The van der Waals surface area contributed by atoms with Crippen molar-refractivity contribution in [1.82, 2.24) is 29.2 Å². The summed E-state index contributed by atoms with van der Waals surface area (Å²) in [7, 11) is 0. The second-order valence-corrected chi connectivity index (χ2v) is 6.85. The fourth-order valence-corrected chi connectivity index (χ4v) is 3.96. The van der Waals surface area contributed by atoms with Gasteiger partial charge in [-0.2, -0.15) is 5.10 Å². The van der Waals surface area contributed by atoms with Crippen molar-refractivity contribution in [3.8, 4) is 11.4 Å². The molecule has 0 radical (unpaired) electrons. The molecule has 0 aromatic carbocycles. The quantitative estimate of drug-likeness (QED) is 0.645. The molecule has 1 aliphatic rings. The van der Waals surface area contributed by atoms with Gasteiger partial charge in [-0.3, -0.25) is 14.9 Å². The van der Waals surface area contributed by atoms with Gasteiger partial charge < -0.3 is 4.57 Å². The molecule has 0 N–H and O–H groups in total. The Morgan fingerprint density at radius 1 is 1.15 bits per heavy atom. The minimum absolute atomic E-state index is 0.377. The highest BCUT2D eigenvalue weighted by molar-refractivity contribution is 7.71. The van der Waals surface area contributed by atoms with E-state index < -0.39 is 0 Å². The summed E-state index contributed by atoms with van der Waals surface area (Å²) in [4.78, 5) is 10.8. The van der Waals surface area contributed by atoms with Gasteiger partial charge in [0.05, 0.1) is 6.67 Å². The van der Waals surface area contributed by atoms with E-state index in [1.165, 1.54) is 12.0 Å². The Labute approximate surface area is 158 Å². The van der Waals surface area contributed by atoms with E-state index in [0.29, 0.717) is 12.7 Å². The predicted molar refractivity (Wildman–Crippen MR) is 103 cm³/mol. The maximum atomic E-state index is 5.71. The molecule has 0 aliphatic carbocycles. The highest BCUT2D eigenvalue weighted by Crippen LogP contribution is 2.32. The molecule has 0 bridgehead atoms. The lowest BCUT2D eigenvalue weighted by atomic mass is 10.1. The molecule has 1 saturated heterocycles. The summed E-state index contributed by atoms with van der Waals surface area (Å²) in [6.45, 7) is 4.64. The summed E-state index contributed by atoms with van der Waals surface area (Å²) in [6, 6.07) is 8.48. The Morgan fingerprint density at radius 2 is 2.00 bits per heavy atom. The molecule has 1 aliphatic heterocycles. The first-order valence-electron chi connectivity index (χ1n) is 9.00. The summed E-state index contributed by atoms with van der Waals surface area (Å²) >= 11 is 5.71. The van der Waals surface area contributed by atoms with E-state index in [1.54, 1.807) is 12.4 Å². The van der Waals surface area contributed by atoms with Crippen molar-refractivity contribution < 1.29 is 0 Å². The van der Waals surface area contributed by atoms with Crippen LogP contribution in [0.25, 0.3) is 11.4 Å². The standard InChI is InChI=1S/C19H22N6S/c1-2-24-18(15-7-10-20-11-8-15)22-25(19(24)26)14-23-12-4-6-17(23)16-5-3-9-21-13-16/h3,5,7-11,13,17H,2,4,6,12,14H2,1H3. The van der Waals surface area contributed by atoms with Crippen LogP contribution in [0.4, 0.5) is 0 Å². The second-order valence-electron chi connectivity index (χ2n) is 6.48. The number of likely N-dealkylation sites (tertiary alicyclic amines) is 1. The van der Waals surface area contributed by atoms with Crippen molar-refractivity contribution in [3.05, 3.63) is 59.4 Å². The lowest BCUT2D eigenvalue weighted by molar-refractivity contribution is 0.189. The number of hydrogen-bond acceptors (Lipinski definition) is 5. The van der Waals surface area contributed by atoms with Crippen LogP contribution in [0.2, 0.25) is 0 Å². The topological polar surface area (TPSA) is 51.8 Å². The smallest absolute Gasteiger partial charge is 0.199 e. The monoisotopic (exact) mass is 366 g/mol. The number of aromatic nitrogens is 5. The van der Waals surface area contributed by atoms with Crippen LogP contribution in [-0.2, 0) is 13.2 Å². The SMILES string of the molecule is CCn1c(-c2ccncc2)nn(CN2CCCC2c2cccnc2)c1=S. The van der Waals surface area contributed by atoms with Crippen molar-refractivity contribution in [2.45, 2.75) is 39.0 Å². The van der Waals surface area contributed by atoms with Crippen molar-refractivity contribution >= 4 is 12.2 Å². The van der Waals surface area contributed by atoms with E-state index in [2.05, 4.69) is 32.4 Å². The molecule has 0 spiro atoms. The lowest BCUT2D eigenvalue weighted by Gasteiger charge is -2.24. The molecule has 134 valence electrons. The average Bonchev–Trinajstić information content (AvgIpc) is 3.28. The molecule has 0 saturated carbocycles. The molecule has 26 heavy (non-hydrogen) atoms. The zero-order valence-electron chi connectivity index (χ0n) is 14.8. The first kappa shape index (κ1) is 17.1. The summed E-state index contributed by atoms with van der Waals surface area (Å²) in [5.74, 6) is 0.900. The van der Waals surface area contributed by atoms with Crippen LogP contribution in [0.5, 0.6) is 0 Å². The van der Waals surface area contributed by atoms with E-state index in [-0.39, 0.29) is 0 Å². The number of hydrogen-bond donors (Lipinski definition) is 0. The van der Waals surface area contributed by atoms with Gasteiger partial charge in [-0.15, -0.1) is 0 Å². The zero-order valence-corrected chi connectivity index (χ0v) is 15.6. The summed E-state index contributed by atoms with van der Waals surface area (Å²) in [6.07, 6.45) is 9.69. The molecule has 1 atom stereocenters. The molecule has 7 heteroatoms. The van der Waals surface area contributed by atoms with Crippen LogP contribution in [-0.4, -0.2) is 35.8 Å². The average molecular weight is 366 g/mol. The van der Waals surface area contributed by atoms with Gasteiger partial charge in [0.15, 0.2) is 10.6 Å². The minimum Gasteiger partial charge on any atom is -0.300 e. The van der Waals surface area contributed by atoms with E-state index in [4.69, 9.17) is 17.3 Å². The largest absolute Gasteiger partial charge is 0.300 e. The lowest BCUT2D eigenvalue weighted by Crippen LogP contribution is -2.27. The van der Waals surface area contributed by atoms with E-state index in [0.717, 1.165) is 35.7 Å². The van der Waals surface area contributed by atoms with Crippen molar-refractivity contribution in [1.29, 1.82) is 0 Å². The van der Waals surface area contributed by atoms with E-state index in [1.807, 2.05) is 35.3 Å². The van der Waals surface area contributed by atoms with Crippen molar-refractivity contribution in [2.24, 2.45) is 0 Å². The molecular weight excluding hydrogens is 344 g/mol. The molecule has 4 rings (SSSR count). The fraction of sp³-hybridized carbons (Fsp3) is 0.368. The second kappa shape index (κ2) is 7.47. The Morgan fingerprint density at radius 3 is 2.73 bits per heavy atom. The zero-order chi connectivity index (χ0) is 17.9. The van der Waals surface area contributed by atoms with Gasteiger partial charge in [0.1, 0.15) is 0 Å². The summed E-state index contributed by atoms with van der Waals surface area (Å²) in [5, 5.41) is 4.83. The van der Waals surface area contributed by atoms with Gasteiger partial charge in [-0.1, -0.05) is 6.07 Å². The van der Waals surface area contributed by atoms with Crippen LogP contribution in [0, 0.1) is 4.77 Å². The van der Waals surface area contributed by atoms with Gasteiger partial charge in [-0.25, -0.2) is 4.68 Å². The van der Waals surface area contributed by atoms with Crippen LogP contribution >= 0.6 is 12.2 Å². The third-order valence-electron chi connectivity index (χ3n) is 4.93. The van der Waals surface area contributed by atoms with E-state index >= 15 is 0 Å². The first-order valence-corrected chi connectivity index (χ1v) is 9.40. The van der Waals surface area contributed by atoms with Crippen LogP contribution in [0.3, 0.4) is 0 Å². The first-order chi connectivity index (χ1) is 12.8. The Balaban J connectivity index is 1.64. The molecule has 3 aromatic rings. The Hall–Kier alpha value is -2.38. The molecule has 1 fully saturated rings. The number of rotatable bonds is 5. The molecule has 4 heterocycles. The van der Waals surface area contributed by atoms with Crippen LogP contribution < -0.4 is 0 Å². The normalized spacial score (nSPS) is 17.7. The highest BCUT2D eigenvalue weighted by Gasteiger charge is 2.27. The van der Waals surface area contributed by atoms with E-state index in [9.17, 15) is 0 Å². The van der Waals surface area contributed by atoms with Gasteiger partial charge in [-0.05, 0) is 55.7 Å².